The molecule has 12 heteroatoms. The number of benzene rings is 3. The molecule has 0 radical (unpaired) electrons. The molecule has 3 heterocycles. The zero-order chi connectivity index (χ0) is 34.4. The van der Waals surface area contributed by atoms with Crippen molar-refractivity contribution in [2.45, 2.75) is 36.9 Å². The third kappa shape index (κ3) is 8.54. The Labute approximate surface area is 288 Å². The molecule has 0 atom stereocenters. The molecule has 2 saturated heterocycles. The third-order valence-corrected chi connectivity index (χ3v) is 9.79. The van der Waals surface area contributed by atoms with Crippen LogP contribution in [0.1, 0.15) is 41.3 Å². The van der Waals surface area contributed by atoms with E-state index >= 15 is 0 Å². The smallest absolute Gasteiger partial charge is 0.416 e. The number of carbonyl (C=O) groups is 2. The molecular weight excluding hydrogens is 652 g/mol. The number of aromatic nitrogens is 2. The maximum absolute atomic E-state index is 13.3. The molecule has 2 fully saturated rings. The fourth-order valence-electron chi connectivity index (χ4n) is 6.12. The minimum atomic E-state index is -4.38. The highest BCUT2D eigenvalue weighted by Crippen LogP contribution is 2.33. The van der Waals surface area contributed by atoms with E-state index in [9.17, 15) is 22.8 Å². The molecular formula is C37H38F3N5O3S. The van der Waals surface area contributed by atoms with Crippen molar-refractivity contribution in [3.8, 4) is 11.3 Å². The zero-order valence-electron chi connectivity index (χ0n) is 27.2. The van der Waals surface area contributed by atoms with Crippen LogP contribution in [0.3, 0.4) is 0 Å². The number of rotatable bonds is 9. The fraction of sp³-hybridized carbons (Fsp3) is 0.351. The molecule has 8 nitrogen and oxygen atoms in total. The van der Waals surface area contributed by atoms with Gasteiger partial charge >= 0.3 is 12.1 Å². The maximum Gasteiger partial charge on any atom is 0.416 e. The summed E-state index contributed by atoms with van der Waals surface area (Å²) in [4.78, 5) is 40.9. The Kier molecular flexibility index (Phi) is 10.7. The second-order valence-corrected chi connectivity index (χ2v) is 13.0. The van der Waals surface area contributed by atoms with Crippen molar-refractivity contribution in [2.75, 3.05) is 55.7 Å². The van der Waals surface area contributed by atoms with Crippen molar-refractivity contribution in [1.29, 1.82) is 0 Å². The molecule has 49 heavy (non-hydrogen) atoms. The number of halogens is 3. The van der Waals surface area contributed by atoms with Crippen LogP contribution in [-0.4, -0.2) is 72.6 Å². The van der Waals surface area contributed by atoms with Crippen molar-refractivity contribution < 1.29 is 27.5 Å². The molecule has 256 valence electrons. The Morgan fingerprint density at radius 1 is 0.837 bits per heavy atom. The lowest BCUT2D eigenvalue weighted by molar-refractivity contribution is -0.149. The van der Waals surface area contributed by atoms with E-state index in [0.29, 0.717) is 80.9 Å². The van der Waals surface area contributed by atoms with Gasteiger partial charge in [0, 0.05) is 67.9 Å². The number of anilines is 2. The van der Waals surface area contributed by atoms with Gasteiger partial charge in [0.15, 0.2) is 5.16 Å². The van der Waals surface area contributed by atoms with Crippen LogP contribution in [0.15, 0.2) is 90.1 Å². The first-order chi connectivity index (χ1) is 23.7. The van der Waals surface area contributed by atoms with Crippen LogP contribution in [0.25, 0.3) is 11.3 Å². The second kappa shape index (κ2) is 15.3. The van der Waals surface area contributed by atoms with E-state index in [0.717, 1.165) is 28.7 Å². The lowest BCUT2D eigenvalue weighted by Crippen LogP contribution is -2.47. The van der Waals surface area contributed by atoms with Crippen molar-refractivity contribution in [1.82, 2.24) is 14.9 Å². The molecule has 0 bridgehead atoms. The number of carbonyl (C=O) groups excluding carboxylic acids is 2. The van der Waals surface area contributed by atoms with Gasteiger partial charge in [-0.2, -0.15) is 13.2 Å². The van der Waals surface area contributed by atoms with Crippen LogP contribution in [-0.2, 0) is 21.5 Å². The minimum Gasteiger partial charge on any atom is -0.466 e. The van der Waals surface area contributed by atoms with Crippen LogP contribution in [0.4, 0.5) is 24.7 Å². The summed E-state index contributed by atoms with van der Waals surface area (Å²) < 4.78 is 45.1. The molecule has 1 amide bonds. The first-order valence-electron chi connectivity index (χ1n) is 16.5. The van der Waals surface area contributed by atoms with Gasteiger partial charge in [-0.25, -0.2) is 9.97 Å². The molecule has 0 spiro atoms. The van der Waals surface area contributed by atoms with Gasteiger partial charge < -0.3 is 19.4 Å². The first kappa shape index (κ1) is 34.3. The lowest BCUT2D eigenvalue weighted by Gasteiger charge is -2.37. The zero-order valence-corrected chi connectivity index (χ0v) is 28.1. The predicted molar refractivity (Wildman–Crippen MR) is 185 cm³/mol. The van der Waals surface area contributed by atoms with Crippen molar-refractivity contribution >= 4 is 35.1 Å². The van der Waals surface area contributed by atoms with Gasteiger partial charge in [0.25, 0.3) is 5.91 Å². The SMILES string of the molecule is CCOC(=O)C1CCN(C(=O)c2ccc(CSc3nc(-c4ccccc4)cc(N4CCN(c5cccc(C(F)(F)F)c5)CC4)n3)cc2)CC1. The molecule has 0 saturated carbocycles. The molecule has 0 unspecified atom stereocenters. The van der Waals surface area contributed by atoms with Gasteiger partial charge in [-0.05, 0) is 55.7 Å². The van der Waals surface area contributed by atoms with E-state index in [2.05, 4.69) is 4.90 Å². The number of piperazine rings is 1. The number of piperidine rings is 1. The van der Waals surface area contributed by atoms with E-state index < -0.39 is 11.7 Å². The van der Waals surface area contributed by atoms with Crippen LogP contribution in [0.5, 0.6) is 0 Å². The van der Waals surface area contributed by atoms with Crippen LogP contribution >= 0.6 is 11.8 Å². The lowest BCUT2D eigenvalue weighted by atomic mass is 9.96. The summed E-state index contributed by atoms with van der Waals surface area (Å²) in [5.41, 5.74) is 3.30. The summed E-state index contributed by atoms with van der Waals surface area (Å²) in [5, 5.41) is 0.612. The largest absolute Gasteiger partial charge is 0.466 e. The highest BCUT2D eigenvalue weighted by atomic mass is 32.2. The Morgan fingerprint density at radius 2 is 1.53 bits per heavy atom. The number of alkyl halides is 3. The molecule has 0 aliphatic carbocycles. The number of ether oxygens (including phenoxy) is 1. The van der Waals surface area contributed by atoms with Crippen molar-refractivity contribution in [3.05, 3.63) is 102 Å². The molecule has 2 aliphatic heterocycles. The van der Waals surface area contributed by atoms with Crippen LogP contribution in [0, 0.1) is 5.92 Å². The Hall–Kier alpha value is -4.58. The van der Waals surface area contributed by atoms with Gasteiger partial charge in [0.05, 0.1) is 23.8 Å². The minimum absolute atomic E-state index is 0.0433. The highest BCUT2D eigenvalue weighted by Gasteiger charge is 2.31. The molecule has 0 N–H and O–H groups in total. The monoisotopic (exact) mass is 689 g/mol. The summed E-state index contributed by atoms with van der Waals surface area (Å²) in [6.45, 7) is 5.52. The van der Waals surface area contributed by atoms with E-state index in [-0.39, 0.29) is 17.8 Å². The summed E-state index contributed by atoms with van der Waals surface area (Å²) >= 11 is 1.51. The van der Waals surface area contributed by atoms with E-state index in [1.54, 1.807) is 17.9 Å². The Morgan fingerprint density at radius 3 is 2.20 bits per heavy atom. The second-order valence-electron chi connectivity index (χ2n) is 12.1. The highest BCUT2D eigenvalue weighted by molar-refractivity contribution is 7.98. The summed E-state index contributed by atoms with van der Waals surface area (Å²) in [6.07, 6.45) is -3.17. The number of nitrogens with zero attached hydrogens (tertiary/aromatic N) is 5. The molecule has 6 rings (SSSR count). The number of thioether (sulfide) groups is 1. The molecule has 4 aromatic rings. The standard InChI is InChI=1S/C37H38F3N5O3S/c1-2-48-35(47)29-15-17-45(18-16-29)34(46)28-13-11-26(12-14-28)25-49-36-41-32(27-7-4-3-5-8-27)24-33(42-36)44-21-19-43(20-22-44)31-10-6-9-30(23-31)37(38,39)40/h3-14,23-24,29H,2,15-22,25H2,1H3. The summed E-state index contributed by atoms with van der Waals surface area (Å²) in [6, 6.07) is 24.9. The van der Waals surface area contributed by atoms with E-state index in [1.165, 1.54) is 23.9 Å². The third-order valence-electron chi connectivity index (χ3n) is 8.87. The number of likely N-dealkylation sites (tertiary alicyclic amines) is 1. The number of hydrogen-bond acceptors (Lipinski definition) is 8. The molecule has 2 aliphatic rings. The summed E-state index contributed by atoms with van der Waals surface area (Å²) in [7, 11) is 0. The molecule has 3 aromatic carbocycles. The average Bonchev–Trinajstić information content (AvgIpc) is 3.14. The molecule has 1 aromatic heterocycles. The van der Waals surface area contributed by atoms with Gasteiger partial charge in [0.2, 0.25) is 0 Å². The average molecular weight is 690 g/mol. The predicted octanol–water partition coefficient (Wildman–Crippen LogP) is 7.20. The van der Waals surface area contributed by atoms with Crippen molar-refractivity contribution in [3.63, 3.8) is 0 Å². The van der Waals surface area contributed by atoms with Crippen LogP contribution < -0.4 is 9.80 Å². The van der Waals surface area contributed by atoms with Gasteiger partial charge in [-0.1, -0.05) is 60.3 Å². The van der Waals surface area contributed by atoms with Crippen LogP contribution in [0.2, 0.25) is 0 Å². The number of hydrogen-bond donors (Lipinski definition) is 0. The Balaban J connectivity index is 1.11. The maximum atomic E-state index is 13.3. The summed E-state index contributed by atoms with van der Waals surface area (Å²) in [5.74, 6) is 0.991. The Bertz CT molecular complexity index is 1740. The van der Waals surface area contributed by atoms with Gasteiger partial charge in [-0.3, -0.25) is 9.59 Å². The van der Waals surface area contributed by atoms with E-state index in [1.807, 2.05) is 65.6 Å². The topological polar surface area (TPSA) is 78.9 Å². The number of amides is 1. The van der Waals surface area contributed by atoms with Gasteiger partial charge in [0.1, 0.15) is 5.82 Å². The fourth-order valence-corrected chi connectivity index (χ4v) is 6.93. The van der Waals surface area contributed by atoms with Gasteiger partial charge in [-0.15, -0.1) is 0 Å². The van der Waals surface area contributed by atoms with E-state index in [4.69, 9.17) is 14.7 Å². The number of esters is 1. The quantitative estimate of drug-likeness (QED) is 0.104. The normalized spacial score (nSPS) is 15.7. The van der Waals surface area contributed by atoms with Crippen molar-refractivity contribution in [2.24, 2.45) is 5.92 Å². The first-order valence-corrected chi connectivity index (χ1v) is 17.5.